The van der Waals surface area contributed by atoms with Crippen LogP contribution in [0.1, 0.15) is 12.0 Å². The Balaban J connectivity index is 0.00000208. The lowest BCUT2D eigenvalue weighted by atomic mass is 10.1. The first-order chi connectivity index (χ1) is 11.2. The van der Waals surface area contributed by atoms with E-state index in [2.05, 4.69) is 10.3 Å². The average Bonchev–Trinajstić information content (AvgIpc) is 3.20. The lowest BCUT2D eigenvalue weighted by Crippen LogP contribution is -2.43. The third-order valence-corrected chi connectivity index (χ3v) is 5.19. The summed E-state index contributed by atoms with van der Waals surface area (Å²) in [6.45, 7) is 3.44. The van der Waals surface area contributed by atoms with Crippen molar-refractivity contribution in [3.63, 3.8) is 0 Å². The smallest absolute Gasteiger partial charge is 0.242 e. The summed E-state index contributed by atoms with van der Waals surface area (Å²) in [7, 11) is 0. The Morgan fingerprint density at radius 3 is 3.00 bits per heavy atom. The Morgan fingerprint density at radius 2 is 2.38 bits per heavy atom. The van der Waals surface area contributed by atoms with Gasteiger partial charge in [0.1, 0.15) is 6.54 Å². The van der Waals surface area contributed by atoms with E-state index in [0.717, 1.165) is 31.6 Å². The Bertz CT molecular complexity index is 554. The molecule has 2 saturated heterocycles. The topological polar surface area (TPSA) is 65.5 Å². The van der Waals surface area contributed by atoms with Gasteiger partial charge in [-0.3, -0.25) is 14.6 Å². The number of amides is 2. The number of pyridine rings is 1. The first-order valence-electron chi connectivity index (χ1n) is 7.95. The second-order valence-electron chi connectivity index (χ2n) is 6.06. The highest BCUT2D eigenvalue weighted by Gasteiger charge is 2.27. The van der Waals surface area contributed by atoms with Crippen LogP contribution in [0.3, 0.4) is 0 Å². The number of carbonyl (C=O) groups is 2. The quantitative estimate of drug-likeness (QED) is 0.808. The molecule has 0 bridgehead atoms. The zero-order valence-corrected chi connectivity index (χ0v) is 15.2. The number of rotatable bonds is 6. The van der Waals surface area contributed by atoms with E-state index in [9.17, 15) is 9.59 Å². The normalized spacial score (nSPS) is 20.1. The summed E-state index contributed by atoms with van der Waals surface area (Å²) in [6, 6.07) is 3.87. The van der Waals surface area contributed by atoms with Crippen molar-refractivity contribution in [1.29, 1.82) is 0 Å². The fraction of sp³-hybridized carbons (Fsp3) is 0.562. The van der Waals surface area contributed by atoms with E-state index in [1.54, 1.807) is 29.1 Å². The predicted molar refractivity (Wildman–Crippen MR) is 96.9 cm³/mol. The summed E-state index contributed by atoms with van der Waals surface area (Å²) in [5, 5.41) is 3.34. The molecule has 24 heavy (non-hydrogen) atoms. The lowest BCUT2D eigenvalue weighted by Gasteiger charge is -2.27. The molecule has 1 aromatic rings. The third-order valence-electron chi connectivity index (χ3n) is 4.24. The molecule has 1 N–H and O–H groups in total. The molecule has 132 valence electrons. The standard InChI is InChI=1S/C16H22N4O2S.ClH/c21-15(10-20-12-23-11-16(20)22)19(9-14-3-5-18-7-14)8-13-2-1-4-17-6-13;/h1-2,4,6,14,18H,3,5,7-12H2;1H. The number of nitrogens with zero attached hydrogens (tertiary/aromatic N) is 3. The van der Waals surface area contributed by atoms with Crippen molar-refractivity contribution in [3.05, 3.63) is 30.1 Å². The maximum absolute atomic E-state index is 12.7. The lowest BCUT2D eigenvalue weighted by molar-refractivity contribution is -0.138. The Morgan fingerprint density at radius 1 is 1.50 bits per heavy atom. The van der Waals surface area contributed by atoms with Gasteiger partial charge in [-0.1, -0.05) is 6.07 Å². The van der Waals surface area contributed by atoms with Crippen molar-refractivity contribution in [2.75, 3.05) is 37.8 Å². The van der Waals surface area contributed by atoms with Crippen molar-refractivity contribution in [2.45, 2.75) is 13.0 Å². The number of hydrogen-bond donors (Lipinski definition) is 1. The summed E-state index contributed by atoms with van der Waals surface area (Å²) >= 11 is 1.57. The van der Waals surface area contributed by atoms with Crippen LogP contribution < -0.4 is 5.32 Å². The molecule has 0 aromatic carbocycles. The van der Waals surface area contributed by atoms with Crippen LogP contribution in [0.15, 0.2) is 24.5 Å². The maximum atomic E-state index is 12.7. The molecule has 0 saturated carbocycles. The molecule has 0 aliphatic carbocycles. The van der Waals surface area contributed by atoms with Crippen LogP contribution in [-0.2, 0) is 16.1 Å². The molecule has 0 radical (unpaired) electrons. The highest BCUT2D eigenvalue weighted by molar-refractivity contribution is 8.00. The molecule has 0 spiro atoms. The van der Waals surface area contributed by atoms with Gasteiger partial charge < -0.3 is 15.1 Å². The van der Waals surface area contributed by atoms with Gasteiger partial charge >= 0.3 is 0 Å². The molecule has 2 aliphatic heterocycles. The maximum Gasteiger partial charge on any atom is 0.242 e. The van der Waals surface area contributed by atoms with Crippen molar-refractivity contribution in [1.82, 2.24) is 20.1 Å². The molecule has 1 atom stereocenters. The minimum Gasteiger partial charge on any atom is -0.336 e. The van der Waals surface area contributed by atoms with Crippen LogP contribution in [0.25, 0.3) is 0 Å². The third kappa shape index (κ3) is 5.09. The molecule has 1 unspecified atom stereocenters. The largest absolute Gasteiger partial charge is 0.336 e. The Kier molecular flexibility index (Phi) is 7.33. The molecular weight excluding hydrogens is 348 g/mol. The minimum atomic E-state index is 0. The summed E-state index contributed by atoms with van der Waals surface area (Å²) in [5.74, 6) is 1.68. The van der Waals surface area contributed by atoms with E-state index in [1.165, 1.54) is 0 Å². The van der Waals surface area contributed by atoms with Crippen LogP contribution in [-0.4, -0.2) is 64.4 Å². The first-order valence-corrected chi connectivity index (χ1v) is 9.11. The molecule has 1 aromatic heterocycles. The Labute approximate surface area is 152 Å². The van der Waals surface area contributed by atoms with Gasteiger partial charge in [0.15, 0.2) is 0 Å². The summed E-state index contributed by atoms with van der Waals surface area (Å²) < 4.78 is 0. The van der Waals surface area contributed by atoms with Crippen molar-refractivity contribution in [3.8, 4) is 0 Å². The van der Waals surface area contributed by atoms with E-state index in [-0.39, 0.29) is 30.8 Å². The predicted octanol–water partition coefficient (Wildman–Crippen LogP) is 0.974. The second-order valence-corrected chi connectivity index (χ2v) is 7.02. The van der Waals surface area contributed by atoms with Crippen LogP contribution in [0.4, 0.5) is 0 Å². The van der Waals surface area contributed by atoms with Crippen LogP contribution in [0.5, 0.6) is 0 Å². The summed E-state index contributed by atoms with van der Waals surface area (Å²) in [6.07, 6.45) is 4.62. The minimum absolute atomic E-state index is 0. The first kappa shape index (κ1) is 19.0. The van der Waals surface area contributed by atoms with Crippen molar-refractivity contribution >= 4 is 36.0 Å². The van der Waals surface area contributed by atoms with Crippen molar-refractivity contribution in [2.24, 2.45) is 5.92 Å². The van der Waals surface area contributed by atoms with E-state index >= 15 is 0 Å². The van der Waals surface area contributed by atoms with Gasteiger partial charge in [0.05, 0.1) is 11.6 Å². The van der Waals surface area contributed by atoms with Gasteiger partial charge in [-0.25, -0.2) is 0 Å². The van der Waals surface area contributed by atoms with Gasteiger partial charge in [-0.2, -0.15) is 0 Å². The molecule has 2 amide bonds. The van der Waals surface area contributed by atoms with Gasteiger partial charge in [0.2, 0.25) is 11.8 Å². The van der Waals surface area contributed by atoms with E-state index in [4.69, 9.17) is 0 Å². The van der Waals surface area contributed by atoms with Crippen LogP contribution in [0.2, 0.25) is 0 Å². The Hall–Kier alpha value is -1.31. The highest BCUT2D eigenvalue weighted by atomic mass is 35.5. The van der Waals surface area contributed by atoms with Gasteiger partial charge in [0, 0.05) is 25.5 Å². The van der Waals surface area contributed by atoms with Crippen LogP contribution >= 0.6 is 24.2 Å². The molecule has 6 nitrogen and oxygen atoms in total. The fourth-order valence-corrected chi connectivity index (χ4v) is 3.86. The molecule has 3 heterocycles. The van der Waals surface area contributed by atoms with Gasteiger partial charge in [-0.05, 0) is 37.1 Å². The fourth-order valence-electron chi connectivity index (χ4n) is 2.95. The van der Waals surface area contributed by atoms with Crippen molar-refractivity contribution < 1.29 is 9.59 Å². The molecular formula is C16H23ClN4O2S. The average molecular weight is 371 g/mol. The molecule has 3 rings (SSSR count). The zero-order valence-electron chi connectivity index (χ0n) is 13.5. The van der Waals surface area contributed by atoms with Gasteiger partial charge in [-0.15, -0.1) is 24.2 Å². The monoisotopic (exact) mass is 370 g/mol. The molecule has 8 heteroatoms. The number of carbonyl (C=O) groups excluding carboxylic acids is 2. The van der Waals surface area contributed by atoms with E-state index in [1.807, 2.05) is 17.0 Å². The summed E-state index contributed by atoms with van der Waals surface area (Å²) in [5.41, 5.74) is 1.02. The van der Waals surface area contributed by atoms with E-state index in [0.29, 0.717) is 24.1 Å². The number of halogens is 1. The number of thioether (sulfide) groups is 1. The number of hydrogen-bond acceptors (Lipinski definition) is 5. The highest BCUT2D eigenvalue weighted by Crippen LogP contribution is 2.17. The molecule has 2 fully saturated rings. The SMILES string of the molecule is Cl.O=C1CSCN1CC(=O)N(Cc1cccnc1)CC1CCNC1. The van der Waals surface area contributed by atoms with Gasteiger partial charge in [0.25, 0.3) is 0 Å². The van der Waals surface area contributed by atoms with Crippen LogP contribution in [0, 0.1) is 5.92 Å². The summed E-state index contributed by atoms with van der Waals surface area (Å²) in [4.78, 5) is 32.1. The van der Waals surface area contributed by atoms with E-state index < -0.39 is 0 Å². The molecule has 2 aliphatic rings. The number of nitrogens with one attached hydrogen (secondary N) is 1. The number of aromatic nitrogens is 1. The zero-order chi connectivity index (χ0) is 16.1. The second kappa shape index (κ2) is 9.25.